The Morgan fingerprint density at radius 2 is 0.816 bits per heavy atom. The fourth-order valence-electron chi connectivity index (χ4n) is 4.98. The number of rotatable bonds is 28. The minimum Gasteiger partial charge on any atom is -0.490 e. The van der Waals surface area contributed by atoms with Crippen LogP contribution in [0.5, 0.6) is 11.5 Å². The smallest absolute Gasteiger partial charge is 0.206 e. The number of unbranched alkanes of at least 4 members (excludes halogenated alkanes) is 12. The van der Waals surface area contributed by atoms with Crippen molar-refractivity contribution in [3.8, 4) is 11.5 Å². The van der Waals surface area contributed by atoms with Gasteiger partial charge in [0.1, 0.15) is 24.7 Å². The molecule has 0 spiro atoms. The predicted molar refractivity (Wildman–Crippen MR) is 223 cm³/mol. The van der Waals surface area contributed by atoms with Gasteiger partial charge in [0.15, 0.2) is 0 Å². The van der Waals surface area contributed by atoms with Crippen molar-refractivity contribution in [1.82, 2.24) is 0 Å². The fourth-order valence-corrected chi connectivity index (χ4v) is 10.4. The van der Waals surface area contributed by atoms with Gasteiger partial charge in [0.2, 0.25) is 9.84 Å². The Morgan fingerprint density at radius 3 is 1.14 bits per heavy atom. The van der Waals surface area contributed by atoms with Crippen LogP contribution in [0.3, 0.4) is 0 Å². The molecule has 0 fully saturated rings. The molecule has 13 heteroatoms. The first-order valence-corrected chi connectivity index (χ1v) is 23.9. The third-order valence-corrected chi connectivity index (χ3v) is 12.9. The number of ether oxygens (including phenoxy) is 4. The summed E-state index contributed by atoms with van der Waals surface area (Å²) < 4.78 is 53.2. The Balaban J connectivity index is 1.86. The number of hydrogen-bond donors (Lipinski definition) is 0. The first kappa shape index (κ1) is 45.9. The predicted octanol–water partition coefficient (Wildman–Crippen LogP) is 13.4. The van der Waals surface area contributed by atoms with Crippen LogP contribution >= 0.6 is 95.6 Å². The Morgan fingerprint density at radius 1 is 0.510 bits per heavy atom. The molecule has 0 N–H and O–H groups in total. The van der Waals surface area contributed by atoms with Gasteiger partial charge < -0.3 is 18.9 Å². The van der Waals surface area contributed by atoms with E-state index in [1.807, 2.05) is 0 Å². The largest absolute Gasteiger partial charge is 0.490 e. The zero-order valence-corrected chi connectivity index (χ0v) is 39.1. The van der Waals surface area contributed by atoms with Crippen LogP contribution in [0.2, 0.25) is 0 Å². The van der Waals surface area contributed by atoms with Gasteiger partial charge in [-0.2, -0.15) is 0 Å². The Labute approximate surface area is 346 Å². The number of hydrogen-bond acceptors (Lipinski definition) is 6. The number of alkyl halides is 2. The molecule has 2 aromatic carbocycles. The van der Waals surface area contributed by atoms with Crippen LogP contribution < -0.4 is 9.47 Å². The zero-order chi connectivity index (χ0) is 36.1. The second-order valence-corrected chi connectivity index (χ2v) is 20.1. The van der Waals surface area contributed by atoms with Gasteiger partial charge in [-0.1, -0.05) is 123 Å². The lowest BCUT2D eigenvalue weighted by Crippen LogP contribution is -2.18. The van der Waals surface area contributed by atoms with Crippen LogP contribution in [0.25, 0.3) is 0 Å². The molecule has 0 amide bonds. The van der Waals surface area contributed by atoms with E-state index in [1.165, 1.54) is 77.0 Å². The van der Waals surface area contributed by atoms with E-state index in [4.69, 9.17) is 18.9 Å². The molecule has 0 saturated heterocycles. The molecule has 0 saturated carbocycles. The molecule has 2 aromatic rings. The Kier molecular flexibility index (Phi) is 24.9. The summed E-state index contributed by atoms with van der Waals surface area (Å²) in [4.78, 5) is 0.241. The lowest BCUT2D eigenvalue weighted by Gasteiger charge is -2.17. The van der Waals surface area contributed by atoms with Gasteiger partial charge in [0, 0.05) is 13.2 Å². The summed E-state index contributed by atoms with van der Waals surface area (Å²) in [6, 6.07) is 6.24. The fraction of sp³-hybridized carbons (Fsp3) is 0.667. The molecule has 2 unspecified atom stereocenters. The van der Waals surface area contributed by atoms with Crippen molar-refractivity contribution in [1.29, 1.82) is 0 Å². The van der Waals surface area contributed by atoms with Gasteiger partial charge in [-0.05, 0) is 101 Å². The minimum absolute atomic E-state index is 0.00282. The van der Waals surface area contributed by atoms with Crippen molar-refractivity contribution in [3.05, 3.63) is 42.2 Å². The van der Waals surface area contributed by atoms with E-state index in [-0.39, 0.29) is 19.4 Å². The molecule has 0 bridgehead atoms. The molecule has 6 nitrogen and oxygen atoms in total. The summed E-state index contributed by atoms with van der Waals surface area (Å²) in [6.07, 6.45) is 17.5. The third kappa shape index (κ3) is 18.1. The van der Waals surface area contributed by atoms with Crippen molar-refractivity contribution in [2.75, 3.05) is 39.6 Å². The second kappa shape index (κ2) is 26.5. The van der Waals surface area contributed by atoms with E-state index in [9.17, 15) is 8.42 Å². The van der Waals surface area contributed by atoms with Gasteiger partial charge in [0.05, 0.1) is 50.5 Å². The van der Waals surface area contributed by atoms with E-state index >= 15 is 0 Å². The Bertz CT molecular complexity index is 1190. The maximum atomic E-state index is 13.7. The van der Waals surface area contributed by atoms with Gasteiger partial charge in [0.25, 0.3) is 0 Å². The maximum Gasteiger partial charge on any atom is 0.206 e. The summed E-state index contributed by atoms with van der Waals surface area (Å²) in [5.74, 6) is 1.05. The molecule has 0 radical (unpaired) electrons. The van der Waals surface area contributed by atoms with Gasteiger partial charge in [-0.15, -0.1) is 0 Å². The summed E-state index contributed by atoms with van der Waals surface area (Å²) in [6.45, 7) is 7.73. The van der Waals surface area contributed by atoms with Crippen molar-refractivity contribution in [2.45, 2.75) is 123 Å². The maximum absolute atomic E-state index is 13.7. The van der Waals surface area contributed by atoms with Crippen molar-refractivity contribution in [3.63, 3.8) is 0 Å². The Hall–Kier alpha value is 0.790. The molecule has 0 aromatic heterocycles. The highest BCUT2D eigenvalue weighted by molar-refractivity contribution is 9.11. The monoisotopic (exact) mass is 1090 g/mol. The van der Waals surface area contributed by atoms with E-state index in [0.717, 1.165) is 26.1 Å². The molecule has 280 valence electrons. The number of benzene rings is 2. The van der Waals surface area contributed by atoms with Crippen LogP contribution in [0.1, 0.15) is 104 Å². The highest BCUT2D eigenvalue weighted by atomic mass is 79.9. The van der Waals surface area contributed by atoms with E-state index in [0.29, 0.717) is 55.8 Å². The molecule has 2 atom stereocenters. The average Bonchev–Trinajstić information content (AvgIpc) is 3.05. The lowest BCUT2D eigenvalue weighted by molar-refractivity contribution is 0.121. The SMILES string of the molecule is CCCCCCCCCOCC(Br)COc1c(Br)cc(S(=O)(=O)c2cc(Br)c(OCC(Br)COCCCCCCCCC)c(Br)c2)cc1Br. The van der Waals surface area contributed by atoms with Crippen LogP contribution in [-0.2, 0) is 19.3 Å². The van der Waals surface area contributed by atoms with E-state index in [2.05, 4.69) is 109 Å². The minimum atomic E-state index is -3.87. The molecule has 0 aliphatic rings. The highest BCUT2D eigenvalue weighted by Gasteiger charge is 2.24. The second-order valence-electron chi connectivity index (χ2n) is 12.1. The van der Waals surface area contributed by atoms with Gasteiger partial charge in [-0.25, -0.2) is 8.42 Å². The van der Waals surface area contributed by atoms with Crippen molar-refractivity contribution < 1.29 is 27.4 Å². The van der Waals surface area contributed by atoms with E-state index in [1.54, 1.807) is 24.3 Å². The quantitative estimate of drug-likeness (QED) is 0.0625. The van der Waals surface area contributed by atoms with Crippen molar-refractivity contribution in [2.24, 2.45) is 0 Å². The summed E-state index contributed by atoms with van der Waals surface area (Å²) in [5, 5.41) is 0. The third-order valence-electron chi connectivity index (χ3n) is 7.76. The van der Waals surface area contributed by atoms with Crippen LogP contribution in [0.15, 0.2) is 51.9 Å². The number of sulfone groups is 1. The van der Waals surface area contributed by atoms with Gasteiger partial charge in [-0.3, -0.25) is 0 Å². The van der Waals surface area contributed by atoms with Crippen LogP contribution in [0.4, 0.5) is 0 Å². The van der Waals surface area contributed by atoms with Crippen LogP contribution in [-0.4, -0.2) is 57.7 Å². The molecule has 0 aliphatic carbocycles. The topological polar surface area (TPSA) is 71.1 Å². The molecule has 2 rings (SSSR count). The molecular formula is C36H52Br6O6S. The molecule has 0 aliphatic heterocycles. The van der Waals surface area contributed by atoms with Gasteiger partial charge >= 0.3 is 0 Å². The molecule has 0 heterocycles. The molecular weight excluding hydrogens is 1040 g/mol. The average molecular weight is 1090 g/mol. The van der Waals surface area contributed by atoms with Crippen molar-refractivity contribution >= 4 is 105 Å². The normalized spacial score (nSPS) is 13.1. The summed E-state index contributed by atoms with van der Waals surface area (Å²) in [5.41, 5.74) is 0. The van der Waals surface area contributed by atoms with E-state index < -0.39 is 9.84 Å². The molecule has 49 heavy (non-hydrogen) atoms. The summed E-state index contributed by atoms with van der Waals surface area (Å²) in [7, 11) is -3.87. The van der Waals surface area contributed by atoms with Crippen LogP contribution in [0, 0.1) is 0 Å². The zero-order valence-electron chi connectivity index (χ0n) is 28.7. The first-order valence-electron chi connectivity index (χ1n) is 17.4. The summed E-state index contributed by atoms with van der Waals surface area (Å²) >= 11 is 21.3. The highest BCUT2D eigenvalue weighted by Crippen LogP contribution is 2.41. The first-order chi connectivity index (χ1) is 23.5. The number of halogens is 6. The standard InChI is InChI=1S/C36H52Br6O6S/c1-3-5-7-9-11-13-15-17-45-23-27(37)25-47-35-31(39)19-29(20-32(35)40)49(43,44)30-21-33(41)36(34(42)22-30)48-26-28(38)24-46-18-16-14-12-10-8-6-4-2/h19-22,27-28H,3-18,23-26H2,1-2H3. The lowest BCUT2D eigenvalue weighted by atomic mass is 10.1.